The number of hydrogen-bond acceptors (Lipinski definition) is 2. The molecule has 0 bridgehead atoms. The topological polar surface area (TPSA) is 21.3 Å². The zero-order chi connectivity index (χ0) is 12.3. The Morgan fingerprint density at radius 3 is 2.82 bits per heavy atom. The molecule has 1 unspecified atom stereocenters. The summed E-state index contributed by atoms with van der Waals surface area (Å²) < 4.78 is 5.44. The van der Waals surface area contributed by atoms with Crippen LogP contribution in [0.25, 0.3) is 0 Å². The summed E-state index contributed by atoms with van der Waals surface area (Å²) in [6.07, 6.45) is 4.73. The third-order valence-electron chi connectivity index (χ3n) is 3.47. The lowest BCUT2D eigenvalue weighted by Crippen LogP contribution is -2.27. The van der Waals surface area contributed by atoms with Gasteiger partial charge >= 0.3 is 0 Å². The van der Waals surface area contributed by atoms with Crippen LogP contribution in [-0.2, 0) is 6.42 Å². The van der Waals surface area contributed by atoms with Crippen LogP contribution in [0.3, 0.4) is 0 Å². The van der Waals surface area contributed by atoms with Crippen molar-refractivity contribution >= 4 is 11.6 Å². The minimum absolute atomic E-state index is 0.436. The maximum atomic E-state index is 6.17. The van der Waals surface area contributed by atoms with E-state index in [1.807, 2.05) is 6.07 Å². The number of piperidine rings is 1. The molecule has 94 valence electrons. The molecule has 1 aromatic carbocycles. The molecule has 0 radical (unpaired) electrons. The molecule has 3 heteroatoms. The van der Waals surface area contributed by atoms with Crippen LogP contribution in [0.15, 0.2) is 12.1 Å². The fraction of sp³-hybridized carbons (Fsp3) is 0.571. The van der Waals surface area contributed by atoms with Crippen molar-refractivity contribution in [3.63, 3.8) is 0 Å². The molecule has 17 heavy (non-hydrogen) atoms. The van der Waals surface area contributed by atoms with E-state index in [1.165, 1.54) is 30.4 Å². The molecule has 1 aromatic rings. The minimum Gasteiger partial charge on any atom is -0.496 e. The molecule has 1 heterocycles. The zero-order valence-corrected chi connectivity index (χ0v) is 11.3. The van der Waals surface area contributed by atoms with Crippen LogP contribution in [0.2, 0.25) is 5.02 Å². The third kappa shape index (κ3) is 2.75. The molecule has 0 aromatic heterocycles. The Morgan fingerprint density at radius 2 is 2.24 bits per heavy atom. The summed E-state index contributed by atoms with van der Waals surface area (Å²) in [6.45, 7) is 3.26. The molecular weight excluding hydrogens is 234 g/mol. The van der Waals surface area contributed by atoms with Gasteiger partial charge in [-0.3, -0.25) is 0 Å². The van der Waals surface area contributed by atoms with Gasteiger partial charge in [-0.05, 0) is 49.1 Å². The summed E-state index contributed by atoms with van der Waals surface area (Å²) in [5, 5.41) is 4.34. The molecule has 1 N–H and O–H groups in total. The SMILES string of the molecule is CCc1c(OC)cc(Cl)cc1C1CCCCN1. The van der Waals surface area contributed by atoms with Gasteiger partial charge in [0.15, 0.2) is 0 Å². The fourth-order valence-electron chi connectivity index (χ4n) is 2.62. The monoisotopic (exact) mass is 253 g/mol. The van der Waals surface area contributed by atoms with Gasteiger partial charge in [0.25, 0.3) is 0 Å². The van der Waals surface area contributed by atoms with Gasteiger partial charge in [0.2, 0.25) is 0 Å². The molecule has 1 aliphatic heterocycles. The van der Waals surface area contributed by atoms with Crippen molar-refractivity contribution in [1.82, 2.24) is 5.32 Å². The van der Waals surface area contributed by atoms with E-state index < -0.39 is 0 Å². The van der Waals surface area contributed by atoms with Gasteiger partial charge in [0.05, 0.1) is 7.11 Å². The van der Waals surface area contributed by atoms with Gasteiger partial charge in [-0.1, -0.05) is 24.9 Å². The Hall–Kier alpha value is -0.730. The molecule has 2 rings (SSSR count). The highest BCUT2D eigenvalue weighted by Gasteiger charge is 2.20. The lowest BCUT2D eigenvalue weighted by molar-refractivity contribution is 0.394. The first-order valence-corrected chi connectivity index (χ1v) is 6.73. The van der Waals surface area contributed by atoms with Crippen molar-refractivity contribution in [2.75, 3.05) is 13.7 Å². The molecule has 0 spiro atoms. The summed E-state index contributed by atoms with van der Waals surface area (Å²) in [5.74, 6) is 0.919. The molecule has 2 nitrogen and oxygen atoms in total. The summed E-state index contributed by atoms with van der Waals surface area (Å²) in [4.78, 5) is 0. The quantitative estimate of drug-likeness (QED) is 0.886. The Morgan fingerprint density at radius 1 is 1.41 bits per heavy atom. The number of hydrogen-bond donors (Lipinski definition) is 1. The molecular formula is C14H20ClNO. The first kappa shape index (κ1) is 12.7. The predicted octanol–water partition coefficient (Wildman–Crippen LogP) is 3.73. The lowest BCUT2D eigenvalue weighted by Gasteiger charge is -2.26. The second kappa shape index (κ2) is 5.74. The van der Waals surface area contributed by atoms with Crippen LogP contribution < -0.4 is 10.1 Å². The van der Waals surface area contributed by atoms with Crippen LogP contribution in [-0.4, -0.2) is 13.7 Å². The minimum atomic E-state index is 0.436. The number of ether oxygens (including phenoxy) is 1. The second-order valence-electron chi connectivity index (χ2n) is 4.53. The van der Waals surface area contributed by atoms with Crippen molar-refractivity contribution < 1.29 is 4.74 Å². The van der Waals surface area contributed by atoms with Crippen LogP contribution in [0.1, 0.15) is 43.4 Å². The maximum absolute atomic E-state index is 6.17. The van der Waals surface area contributed by atoms with Gasteiger partial charge in [0.1, 0.15) is 5.75 Å². The van der Waals surface area contributed by atoms with Gasteiger partial charge in [-0.25, -0.2) is 0 Å². The summed E-state index contributed by atoms with van der Waals surface area (Å²) in [7, 11) is 1.71. The molecule has 1 fully saturated rings. The van der Waals surface area contributed by atoms with Crippen molar-refractivity contribution in [3.05, 3.63) is 28.3 Å². The normalized spacial score (nSPS) is 20.3. The van der Waals surface area contributed by atoms with Gasteiger partial charge in [-0.15, -0.1) is 0 Å². The molecule has 1 aliphatic rings. The van der Waals surface area contributed by atoms with Gasteiger partial charge in [-0.2, -0.15) is 0 Å². The van der Waals surface area contributed by atoms with Crippen LogP contribution in [0.5, 0.6) is 5.75 Å². The van der Waals surface area contributed by atoms with Crippen LogP contribution >= 0.6 is 11.6 Å². The zero-order valence-electron chi connectivity index (χ0n) is 10.6. The number of benzene rings is 1. The number of halogens is 1. The molecule has 1 saturated heterocycles. The number of nitrogens with one attached hydrogen (secondary N) is 1. The van der Waals surface area contributed by atoms with E-state index >= 15 is 0 Å². The Kier molecular flexibility index (Phi) is 4.30. The second-order valence-corrected chi connectivity index (χ2v) is 4.97. The molecule has 1 atom stereocenters. The van der Waals surface area contributed by atoms with Crippen molar-refractivity contribution in [2.24, 2.45) is 0 Å². The highest BCUT2D eigenvalue weighted by atomic mass is 35.5. The first-order valence-electron chi connectivity index (χ1n) is 6.36. The van der Waals surface area contributed by atoms with E-state index in [4.69, 9.17) is 16.3 Å². The maximum Gasteiger partial charge on any atom is 0.123 e. The van der Waals surface area contributed by atoms with Crippen LogP contribution in [0, 0.1) is 0 Å². The summed E-state index contributed by atoms with van der Waals surface area (Å²) in [5.41, 5.74) is 2.60. The molecule has 0 amide bonds. The third-order valence-corrected chi connectivity index (χ3v) is 3.69. The van der Waals surface area contributed by atoms with E-state index in [-0.39, 0.29) is 0 Å². The summed E-state index contributed by atoms with van der Waals surface area (Å²) >= 11 is 6.17. The van der Waals surface area contributed by atoms with E-state index in [1.54, 1.807) is 7.11 Å². The van der Waals surface area contributed by atoms with Crippen molar-refractivity contribution in [2.45, 2.75) is 38.6 Å². The Bertz CT molecular complexity index is 386. The first-order chi connectivity index (χ1) is 8.26. The summed E-state index contributed by atoms with van der Waals surface area (Å²) in [6, 6.07) is 4.44. The lowest BCUT2D eigenvalue weighted by atomic mass is 9.92. The molecule has 0 saturated carbocycles. The highest BCUT2D eigenvalue weighted by molar-refractivity contribution is 6.30. The largest absolute Gasteiger partial charge is 0.496 e. The van der Waals surface area contributed by atoms with E-state index in [9.17, 15) is 0 Å². The predicted molar refractivity (Wildman–Crippen MR) is 72.0 cm³/mol. The van der Waals surface area contributed by atoms with Crippen LogP contribution in [0.4, 0.5) is 0 Å². The van der Waals surface area contributed by atoms with E-state index in [0.717, 1.165) is 23.7 Å². The Balaban J connectivity index is 2.39. The van der Waals surface area contributed by atoms with E-state index in [2.05, 4.69) is 18.3 Å². The average Bonchev–Trinajstić information content (AvgIpc) is 2.38. The standard InChI is InChI=1S/C14H20ClNO/c1-3-11-12(13-6-4-5-7-16-13)8-10(15)9-14(11)17-2/h8-9,13,16H,3-7H2,1-2H3. The molecule has 0 aliphatic carbocycles. The van der Waals surface area contributed by atoms with Crippen molar-refractivity contribution in [3.8, 4) is 5.75 Å². The van der Waals surface area contributed by atoms with Gasteiger partial charge in [0, 0.05) is 11.1 Å². The van der Waals surface area contributed by atoms with Gasteiger partial charge < -0.3 is 10.1 Å². The number of rotatable bonds is 3. The van der Waals surface area contributed by atoms with Crippen molar-refractivity contribution in [1.29, 1.82) is 0 Å². The average molecular weight is 254 g/mol. The van der Waals surface area contributed by atoms with E-state index in [0.29, 0.717) is 6.04 Å². The Labute approximate surface area is 108 Å². The smallest absolute Gasteiger partial charge is 0.123 e. The number of methoxy groups -OCH3 is 1. The highest BCUT2D eigenvalue weighted by Crippen LogP contribution is 2.34. The fourth-order valence-corrected chi connectivity index (χ4v) is 2.84.